The molecule has 29 heavy (non-hydrogen) atoms. The molecular formula is C20H17ClFN3O4. The molecule has 2 aromatic carbocycles. The first kappa shape index (κ1) is 20.3. The predicted octanol–water partition coefficient (Wildman–Crippen LogP) is 3.62. The van der Waals surface area contributed by atoms with Gasteiger partial charge in [0.2, 0.25) is 5.88 Å². The molecule has 1 atom stereocenters. The number of nitrogens with one attached hydrogen (secondary N) is 1. The Balaban J connectivity index is 1.91. The fourth-order valence-corrected chi connectivity index (χ4v) is 3.13. The van der Waals surface area contributed by atoms with Gasteiger partial charge in [-0.05, 0) is 42.3 Å². The zero-order valence-electron chi connectivity index (χ0n) is 15.3. The fourth-order valence-electron chi connectivity index (χ4n) is 2.92. The summed E-state index contributed by atoms with van der Waals surface area (Å²) < 4.78 is 14.8. The van der Waals surface area contributed by atoms with Crippen LogP contribution in [0.5, 0.6) is 5.88 Å². The van der Waals surface area contributed by atoms with Crippen LogP contribution in [-0.2, 0) is 4.79 Å². The van der Waals surface area contributed by atoms with Crippen LogP contribution in [0.4, 0.5) is 4.39 Å². The van der Waals surface area contributed by atoms with Crippen LogP contribution in [0.25, 0.3) is 5.69 Å². The van der Waals surface area contributed by atoms with Gasteiger partial charge in [0.25, 0.3) is 5.91 Å². The number of nitrogens with zero attached hydrogens (tertiary/aromatic N) is 2. The smallest absolute Gasteiger partial charge is 0.305 e. The monoisotopic (exact) mass is 417 g/mol. The molecule has 0 saturated carbocycles. The summed E-state index contributed by atoms with van der Waals surface area (Å²) in [5, 5.41) is 26.3. The molecule has 0 fully saturated rings. The molecule has 1 amide bonds. The highest BCUT2D eigenvalue weighted by atomic mass is 35.5. The predicted molar refractivity (Wildman–Crippen MR) is 104 cm³/mol. The van der Waals surface area contributed by atoms with Crippen LogP contribution < -0.4 is 5.32 Å². The lowest BCUT2D eigenvalue weighted by atomic mass is 9.98. The van der Waals surface area contributed by atoms with Crippen LogP contribution in [-0.4, -0.2) is 31.9 Å². The maximum atomic E-state index is 13.7. The number of aliphatic carboxylic acids is 1. The number of hydrogen-bond acceptors (Lipinski definition) is 4. The van der Waals surface area contributed by atoms with Crippen molar-refractivity contribution in [1.29, 1.82) is 0 Å². The highest BCUT2D eigenvalue weighted by Gasteiger charge is 2.23. The van der Waals surface area contributed by atoms with Crippen LogP contribution in [0.15, 0.2) is 48.5 Å². The second-order valence-electron chi connectivity index (χ2n) is 6.38. The minimum Gasteiger partial charge on any atom is -0.493 e. The topological polar surface area (TPSA) is 104 Å². The molecule has 0 aliphatic rings. The van der Waals surface area contributed by atoms with Crippen LogP contribution in [0, 0.1) is 12.7 Å². The third kappa shape index (κ3) is 4.55. The van der Waals surface area contributed by atoms with Crippen molar-refractivity contribution in [2.24, 2.45) is 0 Å². The Hall–Kier alpha value is -3.39. The number of hydrogen-bond donors (Lipinski definition) is 3. The van der Waals surface area contributed by atoms with Gasteiger partial charge in [-0.25, -0.2) is 4.39 Å². The molecule has 0 saturated heterocycles. The molecule has 1 unspecified atom stereocenters. The molecule has 150 valence electrons. The quantitative estimate of drug-likeness (QED) is 0.568. The number of carbonyl (C=O) groups is 2. The first-order valence-electron chi connectivity index (χ1n) is 8.59. The van der Waals surface area contributed by atoms with E-state index in [0.717, 1.165) is 10.7 Å². The lowest BCUT2D eigenvalue weighted by Gasteiger charge is -2.19. The van der Waals surface area contributed by atoms with E-state index in [-0.39, 0.29) is 11.6 Å². The van der Waals surface area contributed by atoms with Crippen molar-refractivity contribution in [2.45, 2.75) is 19.4 Å². The number of amides is 1. The van der Waals surface area contributed by atoms with E-state index in [1.807, 2.05) is 0 Å². The standard InChI is InChI=1S/C20H17ClFN3O4/c1-11-6-7-12(22)8-13(11)15(10-19(27)28)23-20(29)16-9-18(26)25(24-16)17-5-3-2-4-14(17)21/h2-9,15,26H,10H2,1H3,(H,23,29)(H,27,28). The van der Waals surface area contributed by atoms with Crippen LogP contribution >= 0.6 is 11.6 Å². The van der Waals surface area contributed by atoms with E-state index in [1.165, 1.54) is 18.2 Å². The van der Waals surface area contributed by atoms with Gasteiger partial charge in [-0.1, -0.05) is 29.8 Å². The van der Waals surface area contributed by atoms with Crippen molar-refractivity contribution in [1.82, 2.24) is 15.1 Å². The molecule has 9 heteroatoms. The number of carboxylic acid groups (broad SMARTS) is 1. The van der Waals surface area contributed by atoms with Gasteiger partial charge in [0.15, 0.2) is 5.69 Å². The SMILES string of the molecule is Cc1ccc(F)cc1C(CC(=O)O)NC(=O)c1cc(O)n(-c2ccccc2Cl)n1. The molecule has 0 radical (unpaired) electrons. The highest BCUT2D eigenvalue weighted by molar-refractivity contribution is 6.32. The number of carboxylic acids is 1. The molecular weight excluding hydrogens is 401 g/mol. The van der Waals surface area contributed by atoms with Crippen molar-refractivity contribution in [3.05, 3.63) is 76.2 Å². The van der Waals surface area contributed by atoms with Crippen molar-refractivity contribution in [3.8, 4) is 11.6 Å². The summed E-state index contributed by atoms with van der Waals surface area (Å²) in [6.45, 7) is 1.69. The normalized spacial score (nSPS) is 11.8. The second kappa shape index (κ2) is 8.32. The Bertz CT molecular complexity index is 1080. The number of aromatic nitrogens is 2. The van der Waals surface area contributed by atoms with Crippen molar-refractivity contribution in [3.63, 3.8) is 0 Å². The average Bonchev–Trinajstić information content (AvgIpc) is 3.05. The van der Waals surface area contributed by atoms with E-state index in [4.69, 9.17) is 11.6 Å². The number of halogens is 2. The van der Waals surface area contributed by atoms with Crippen molar-refractivity contribution < 1.29 is 24.2 Å². The van der Waals surface area contributed by atoms with E-state index in [1.54, 1.807) is 31.2 Å². The third-order valence-electron chi connectivity index (χ3n) is 4.30. The average molecular weight is 418 g/mol. The first-order chi connectivity index (χ1) is 13.8. The molecule has 3 rings (SSSR count). The van der Waals surface area contributed by atoms with Gasteiger partial charge in [0.1, 0.15) is 5.82 Å². The molecule has 0 aliphatic heterocycles. The lowest BCUT2D eigenvalue weighted by molar-refractivity contribution is -0.137. The summed E-state index contributed by atoms with van der Waals surface area (Å²) in [6.07, 6.45) is -0.451. The minimum atomic E-state index is -1.16. The molecule has 1 aromatic heterocycles. The maximum Gasteiger partial charge on any atom is 0.305 e. The molecule has 0 aliphatic carbocycles. The summed E-state index contributed by atoms with van der Waals surface area (Å²) in [6, 6.07) is 10.7. The number of benzene rings is 2. The summed E-state index contributed by atoms with van der Waals surface area (Å²) in [5.74, 6) is -2.75. The Labute approximate surface area is 170 Å². The Kier molecular flexibility index (Phi) is 5.84. The third-order valence-corrected chi connectivity index (χ3v) is 4.62. The lowest BCUT2D eigenvalue weighted by Crippen LogP contribution is -2.31. The summed E-state index contributed by atoms with van der Waals surface area (Å²) >= 11 is 6.10. The summed E-state index contributed by atoms with van der Waals surface area (Å²) in [5.41, 5.74) is 1.19. The number of para-hydroxylation sites is 1. The highest BCUT2D eigenvalue weighted by Crippen LogP contribution is 2.26. The maximum absolute atomic E-state index is 13.7. The number of rotatable bonds is 6. The van der Waals surface area contributed by atoms with Crippen LogP contribution in [0.2, 0.25) is 5.02 Å². The van der Waals surface area contributed by atoms with Crippen molar-refractivity contribution in [2.75, 3.05) is 0 Å². The molecule has 0 bridgehead atoms. The van der Waals surface area contributed by atoms with Gasteiger partial charge >= 0.3 is 5.97 Å². The number of carbonyl (C=O) groups excluding carboxylic acids is 1. The van der Waals surface area contributed by atoms with E-state index < -0.39 is 30.2 Å². The van der Waals surface area contributed by atoms with E-state index in [0.29, 0.717) is 21.8 Å². The van der Waals surface area contributed by atoms with Gasteiger partial charge in [-0.2, -0.15) is 9.78 Å². The van der Waals surface area contributed by atoms with Gasteiger partial charge in [0.05, 0.1) is 23.2 Å². The van der Waals surface area contributed by atoms with Gasteiger partial charge in [-0.15, -0.1) is 0 Å². The fraction of sp³-hybridized carbons (Fsp3) is 0.150. The number of aromatic hydroxyl groups is 1. The molecule has 7 nitrogen and oxygen atoms in total. The van der Waals surface area contributed by atoms with E-state index >= 15 is 0 Å². The minimum absolute atomic E-state index is 0.146. The summed E-state index contributed by atoms with van der Waals surface area (Å²) in [4.78, 5) is 23.9. The van der Waals surface area contributed by atoms with Crippen LogP contribution in [0.1, 0.15) is 34.1 Å². The Morgan fingerprint density at radius 1 is 1.24 bits per heavy atom. The zero-order chi connectivity index (χ0) is 21.1. The van der Waals surface area contributed by atoms with Crippen LogP contribution in [0.3, 0.4) is 0 Å². The zero-order valence-corrected chi connectivity index (χ0v) is 16.0. The summed E-state index contributed by atoms with van der Waals surface area (Å²) in [7, 11) is 0. The molecule has 1 heterocycles. The molecule has 0 spiro atoms. The van der Waals surface area contributed by atoms with E-state index in [9.17, 15) is 24.2 Å². The Morgan fingerprint density at radius 3 is 2.66 bits per heavy atom. The van der Waals surface area contributed by atoms with Gasteiger partial charge in [-0.3, -0.25) is 9.59 Å². The first-order valence-corrected chi connectivity index (χ1v) is 8.96. The largest absolute Gasteiger partial charge is 0.493 e. The molecule has 3 N–H and O–H groups in total. The van der Waals surface area contributed by atoms with E-state index in [2.05, 4.69) is 10.4 Å². The Morgan fingerprint density at radius 2 is 1.97 bits per heavy atom. The van der Waals surface area contributed by atoms with Gasteiger partial charge in [0, 0.05) is 6.07 Å². The van der Waals surface area contributed by atoms with Gasteiger partial charge < -0.3 is 15.5 Å². The number of aryl methyl sites for hydroxylation is 1. The van der Waals surface area contributed by atoms with Crippen molar-refractivity contribution >= 4 is 23.5 Å². The second-order valence-corrected chi connectivity index (χ2v) is 6.78. The molecule has 3 aromatic rings.